The molecular weight excluding hydrogens is 174 g/mol. The number of nitrogens with zero attached hydrogens (tertiary/aromatic N) is 1. The first-order valence-corrected chi connectivity index (χ1v) is 4.40. The van der Waals surface area contributed by atoms with Gasteiger partial charge in [-0.3, -0.25) is 4.79 Å². The van der Waals surface area contributed by atoms with E-state index in [-0.39, 0.29) is 5.91 Å². The van der Waals surface area contributed by atoms with E-state index in [4.69, 9.17) is 5.73 Å². The van der Waals surface area contributed by atoms with E-state index in [1.807, 2.05) is 6.92 Å². The molecule has 0 unspecified atom stereocenters. The summed E-state index contributed by atoms with van der Waals surface area (Å²) in [5.74, 6) is -0.204. The highest BCUT2D eigenvalue weighted by molar-refractivity contribution is 7.15. The van der Waals surface area contributed by atoms with Crippen LogP contribution in [0, 0.1) is 6.92 Å². The Hall–Kier alpha value is -0.940. The second kappa shape index (κ2) is 3.64. The van der Waals surface area contributed by atoms with Gasteiger partial charge in [0, 0.05) is 11.1 Å². The van der Waals surface area contributed by atoms with E-state index in [1.54, 1.807) is 13.1 Å². The third-order valence-electron chi connectivity index (χ3n) is 1.26. The number of hydrogen-bond donors (Lipinski definition) is 2. The van der Waals surface area contributed by atoms with Gasteiger partial charge in [-0.15, -0.1) is 11.3 Å². The number of nitrogens with one attached hydrogen (secondary N) is 1. The highest BCUT2D eigenvalue weighted by atomic mass is 32.1. The molecular formula is C7H11N3OS. The molecule has 66 valence electrons. The molecule has 1 atom stereocenters. The minimum atomic E-state index is -0.491. The van der Waals surface area contributed by atoms with Gasteiger partial charge in [-0.2, -0.15) is 0 Å². The SMILES string of the molecule is Cc1cnc(NC(=O)[C@@H](C)N)s1. The zero-order valence-corrected chi connectivity index (χ0v) is 7.81. The van der Waals surface area contributed by atoms with Crippen molar-refractivity contribution in [3.63, 3.8) is 0 Å². The molecule has 5 heteroatoms. The highest BCUT2D eigenvalue weighted by Crippen LogP contribution is 2.16. The Balaban J connectivity index is 2.58. The second-order valence-electron chi connectivity index (χ2n) is 2.55. The van der Waals surface area contributed by atoms with Crippen molar-refractivity contribution in [3.8, 4) is 0 Å². The zero-order chi connectivity index (χ0) is 9.14. The smallest absolute Gasteiger partial charge is 0.242 e. The molecule has 0 spiro atoms. The average molecular weight is 185 g/mol. The summed E-state index contributed by atoms with van der Waals surface area (Å²) in [5, 5.41) is 3.21. The number of hydrogen-bond acceptors (Lipinski definition) is 4. The van der Waals surface area contributed by atoms with Crippen LogP contribution in [0.15, 0.2) is 6.20 Å². The van der Waals surface area contributed by atoms with Crippen molar-refractivity contribution in [1.29, 1.82) is 0 Å². The molecule has 1 amide bonds. The first-order chi connectivity index (χ1) is 5.59. The molecule has 0 aromatic carbocycles. The molecule has 0 radical (unpaired) electrons. The van der Waals surface area contributed by atoms with Crippen LogP contribution >= 0.6 is 11.3 Å². The fourth-order valence-electron chi connectivity index (χ4n) is 0.632. The number of anilines is 1. The number of amides is 1. The predicted octanol–water partition coefficient (Wildman–Crippen LogP) is 0.737. The monoisotopic (exact) mass is 185 g/mol. The van der Waals surface area contributed by atoms with Crippen molar-refractivity contribution >= 4 is 22.4 Å². The number of carbonyl (C=O) groups excluding carboxylic acids is 1. The fraction of sp³-hybridized carbons (Fsp3) is 0.429. The highest BCUT2D eigenvalue weighted by Gasteiger charge is 2.08. The standard InChI is InChI=1S/C7H11N3OS/c1-4-3-9-7(12-4)10-6(11)5(2)8/h3,5H,8H2,1-2H3,(H,9,10,11)/t5-/m1/s1. The van der Waals surface area contributed by atoms with Crippen LogP contribution in [0.2, 0.25) is 0 Å². The van der Waals surface area contributed by atoms with Crippen molar-refractivity contribution in [2.24, 2.45) is 5.73 Å². The van der Waals surface area contributed by atoms with Crippen molar-refractivity contribution in [2.45, 2.75) is 19.9 Å². The van der Waals surface area contributed by atoms with Gasteiger partial charge in [0.2, 0.25) is 5.91 Å². The zero-order valence-electron chi connectivity index (χ0n) is 7.00. The Labute approximate surface area is 74.8 Å². The summed E-state index contributed by atoms with van der Waals surface area (Å²) in [4.78, 5) is 16.1. The number of rotatable bonds is 2. The van der Waals surface area contributed by atoms with Crippen LogP contribution in [0.5, 0.6) is 0 Å². The minimum absolute atomic E-state index is 0.204. The van der Waals surface area contributed by atoms with Gasteiger partial charge in [-0.25, -0.2) is 4.98 Å². The van der Waals surface area contributed by atoms with E-state index in [0.717, 1.165) is 4.88 Å². The molecule has 0 aliphatic carbocycles. The number of aromatic nitrogens is 1. The van der Waals surface area contributed by atoms with E-state index < -0.39 is 6.04 Å². The number of nitrogens with two attached hydrogens (primary N) is 1. The van der Waals surface area contributed by atoms with Crippen LogP contribution in [-0.4, -0.2) is 16.9 Å². The summed E-state index contributed by atoms with van der Waals surface area (Å²) in [6.45, 7) is 3.56. The Morgan fingerprint density at radius 3 is 2.92 bits per heavy atom. The summed E-state index contributed by atoms with van der Waals surface area (Å²) < 4.78 is 0. The molecule has 0 saturated heterocycles. The minimum Gasteiger partial charge on any atom is -0.320 e. The van der Waals surface area contributed by atoms with Gasteiger partial charge in [-0.1, -0.05) is 0 Å². The Morgan fingerprint density at radius 1 is 1.83 bits per heavy atom. The maximum absolute atomic E-state index is 11.1. The van der Waals surface area contributed by atoms with E-state index >= 15 is 0 Å². The van der Waals surface area contributed by atoms with Crippen LogP contribution in [-0.2, 0) is 4.79 Å². The number of carbonyl (C=O) groups is 1. The van der Waals surface area contributed by atoms with Crippen molar-refractivity contribution in [2.75, 3.05) is 5.32 Å². The second-order valence-corrected chi connectivity index (χ2v) is 3.79. The predicted molar refractivity (Wildman–Crippen MR) is 49.1 cm³/mol. The molecule has 12 heavy (non-hydrogen) atoms. The molecule has 1 rings (SSSR count). The lowest BCUT2D eigenvalue weighted by Crippen LogP contribution is -2.32. The topological polar surface area (TPSA) is 68.0 Å². The molecule has 1 aromatic heterocycles. The number of aryl methyl sites for hydroxylation is 1. The van der Waals surface area contributed by atoms with Gasteiger partial charge in [-0.05, 0) is 13.8 Å². The quantitative estimate of drug-likeness (QED) is 0.714. The lowest BCUT2D eigenvalue weighted by atomic mass is 10.3. The molecule has 0 bridgehead atoms. The third-order valence-corrected chi connectivity index (χ3v) is 2.09. The van der Waals surface area contributed by atoms with E-state index in [0.29, 0.717) is 5.13 Å². The van der Waals surface area contributed by atoms with E-state index in [1.165, 1.54) is 11.3 Å². The summed E-state index contributed by atoms with van der Waals surface area (Å²) in [5.41, 5.74) is 5.36. The summed E-state index contributed by atoms with van der Waals surface area (Å²) in [6, 6.07) is -0.491. The number of thiazole rings is 1. The summed E-state index contributed by atoms with van der Waals surface area (Å²) in [7, 11) is 0. The summed E-state index contributed by atoms with van der Waals surface area (Å²) in [6.07, 6.45) is 1.71. The lowest BCUT2D eigenvalue weighted by Gasteiger charge is -2.02. The molecule has 1 heterocycles. The van der Waals surface area contributed by atoms with E-state index in [9.17, 15) is 4.79 Å². The van der Waals surface area contributed by atoms with Gasteiger partial charge in [0.05, 0.1) is 6.04 Å². The Kier molecular flexibility index (Phi) is 2.78. The van der Waals surface area contributed by atoms with Gasteiger partial charge in [0.25, 0.3) is 0 Å². The van der Waals surface area contributed by atoms with Gasteiger partial charge in [0.15, 0.2) is 5.13 Å². The first kappa shape index (κ1) is 9.15. The van der Waals surface area contributed by atoms with Crippen LogP contribution in [0.3, 0.4) is 0 Å². The van der Waals surface area contributed by atoms with Crippen molar-refractivity contribution < 1.29 is 4.79 Å². The maximum atomic E-state index is 11.1. The van der Waals surface area contributed by atoms with Crippen LogP contribution in [0.25, 0.3) is 0 Å². The molecule has 4 nitrogen and oxygen atoms in total. The van der Waals surface area contributed by atoms with Gasteiger partial charge in [0.1, 0.15) is 0 Å². The normalized spacial score (nSPS) is 12.6. The first-order valence-electron chi connectivity index (χ1n) is 3.58. The Morgan fingerprint density at radius 2 is 2.50 bits per heavy atom. The molecule has 0 aliphatic rings. The van der Waals surface area contributed by atoms with Crippen molar-refractivity contribution in [1.82, 2.24) is 4.98 Å². The fourth-order valence-corrected chi connectivity index (χ4v) is 1.30. The maximum Gasteiger partial charge on any atom is 0.242 e. The van der Waals surface area contributed by atoms with Crippen LogP contribution in [0.4, 0.5) is 5.13 Å². The average Bonchev–Trinajstić information content (AvgIpc) is 2.35. The van der Waals surface area contributed by atoms with Gasteiger partial charge < -0.3 is 11.1 Å². The summed E-state index contributed by atoms with van der Waals surface area (Å²) >= 11 is 1.43. The van der Waals surface area contributed by atoms with Crippen LogP contribution in [0.1, 0.15) is 11.8 Å². The Bertz CT molecular complexity index is 282. The molecule has 3 N–H and O–H groups in total. The molecule has 1 aromatic rings. The molecule has 0 fully saturated rings. The van der Waals surface area contributed by atoms with Crippen LogP contribution < -0.4 is 11.1 Å². The largest absolute Gasteiger partial charge is 0.320 e. The van der Waals surface area contributed by atoms with Gasteiger partial charge >= 0.3 is 0 Å². The van der Waals surface area contributed by atoms with E-state index in [2.05, 4.69) is 10.3 Å². The molecule has 0 saturated carbocycles. The van der Waals surface area contributed by atoms with Crippen molar-refractivity contribution in [3.05, 3.63) is 11.1 Å². The third kappa shape index (κ3) is 2.28. The molecule has 0 aliphatic heterocycles. The lowest BCUT2D eigenvalue weighted by molar-refractivity contribution is -0.117.